The number of carbonyl (C=O) groups is 6. The molecule has 2 N–H and O–H groups in total. The fraction of sp³-hybridized carbons (Fsp3) is 0.857. The molecule has 0 aromatic rings. The van der Waals surface area contributed by atoms with E-state index in [9.17, 15) is 39.0 Å². The van der Waals surface area contributed by atoms with Crippen LogP contribution in [0.1, 0.15) is 171 Å². The van der Waals surface area contributed by atoms with Gasteiger partial charge in [-0.3, -0.25) is 0 Å². The summed E-state index contributed by atoms with van der Waals surface area (Å²) in [6, 6.07) is 0. The van der Waals surface area contributed by atoms with E-state index < -0.39 is 35.0 Å². The second kappa shape index (κ2) is 29.1. The number of unbranched alkanes of at least 4 members (excludes halogenated alkanes) is 6. The quantitative estimate of drug-likeness (QED) is 0.0847. The Balaban J connectivity index is 0. The molecule has 0 aromatic heterocycles. The summed E-state index contributed by atoms with van der Waals surface area (Å²) >= 11 is 0. The normalized spacial score (nSPS) is 16.5. The van der Waals surface area contributed by atoms with Gasteiger partial charge in [0.25, 0.3) is 0 Å². The van der Waals surface area contributed by atoms with Gasteiger partial charge in [0.2, 0.25) is 0 Å². The predicted octanol–water partition coefficient (Wildman–Crippen LogP) is 3.87. The molecule has 2 atom stereocenters. The molecule has 2 unspecified atom stereocenters. The molecular formula is C42H74N2O12Sn. The molecule has 0 aliphatic carbocycles. The number of carbonyl (C=O) groups excluding carboxylic acids is 6. The number of hydroxylamine groups is 4. The molecule has 2 heterocycles. The minimum atomic E-state index is -1.58. The molecule has 2 aliphatic heterocycles. The Morgan fingerprint density at radius 3 is 1.09 bits per heavy atom. The number of aliphatic carboxylic acids is 2. The number of aliphatic hydroxyl groups excluding tert-OH is 2. The molecule has 14 nitrogen and oxygen atoms in total. The number of hydrogen-bond donors (Lipinski definition) is 2. The van der Waals surface area contributed by atoms with Gasteiger partial charge in [-0.1, -0.05) is 79.1 Å². The van der Waals surface area contributed by atoms with Crippen molar-refractivity contribution in [1.82, 2.24) is 10.1 Å². The molecule has 2 rings (SSSR count). The summed E-state index contributed by atoms with van der Waals surface area (Å²) in [6.07, 6.45) is 13.0. The third-order valence-electron chi connectivity index (χ3n) is 12.0. The molecular weight excluding hydrogens is 843 g/mol. The second-order valence-corrected chi connectivity index (χ2v) is 17.6. The Hall–Kier alpha value is -2.14. The van der Waals surface area contributed by atoms with Crippen molar-refractivity contribution in [2.24, 2.45) is 21.7 Å². The Morgan fingerprint density at radius 2 is 0.825 bits per heavy atom. The van der Waals surface area contributed by atoms with E-state index in [2.05, 4.69) is 27.7 Å². The van der Waals surface area contributed by atoms with Crippen LogP contribution in [-0.2, 0) is 38.4 Å². The number of aliphatic hydroxyl groups is 2. The molecule has 15 heteroatoms. The van der Waals surface area contributed by atoms with Gasteiger partial charge < -0.3 is 49.3 Å². The van der Waals surface area contributed by atoms with E-state index in [-0.39, 0.29) is 72.1 Å². The van der Waals surface area contributed by atoms with E-state index >= 15 is 0 Å². The summed E-state index contributed by atoms with van der Waals surface area (Å²) in [5, 5.41) is 41.0. The number of hydrogen-bond acceptors (Lipinski definition) is 14. The summed E-state index contributed by atoms with van der Waals surface area (Å²) in [7, 11) is 0. The Labute approximate surface area is 359 Å². The molecule has 0 aromatic carbocycles. The van der Waals surface area contributed by atoms with E-state index in [1.54, 1.807) is 0 Å². The molecule has 328 valence electrons. The van der Waals surface area contributed by atoms with Crippen LogP contribution in [0.25, 0.3) is 0 Å². The Morgan fingerprint density at radius 1 is 0.544 bits per heavy atom. The molecule has 0 saturated carbocycles. The first-order chi connectivity index (χ1) is 26.0. The van der Waals surface area contributed by atoms with E-state index in [0.29, 0.717) is 12.8 Å². The van der Waals surface area contributed by atoms with Crippen LogP contribution in [0.2, 0.25) is 0 Å². The predicted molar refractivity (Wildman–Crippen MR) is 213 cm³/mol. The summed E-state index contributed by atoms with van der Waals surface area (Å²) < 4.78 is 0. The van der Waals surface area contributed by atoms with Gasteiger partial charge in [-0.05, 0) is 103 Å². The van der Waals surface area contributed by atoms with Crippen LogP contribution in [0.4, 0.5) is 0 Å². The summed E-state index contributed by atoms with van der Waals surface area (Å²) in [5.74, 6) is -2.24. The number of carboxylic acids is 2. The van der Waals surface area contributed by atoms with E-state index in [4.69, 9.17) is 19.9 Å². The third kappa shape index (κ3) is 22.7. The van der Waals surface area contributed by atoms with Crippen molar-refractivity contribution in [3.63, 3.8) is 0 Å². The summed E-state index contributed by atoms with van der Waals surface area (Å²) in [6.45, 7) is 19.7. The van der Waals surface area contributed by atoms with Crippen molar-refractivity contribution in [1.29, 1.82) is 0 Å². The fourth-order valence-electron chi connectivity index (χ4n) is 6.09. The maximum absolute atomic E-state index is 12.7. The molecule has 0 spiro atoms. The first kappa shape index (κ1) is 57.0. The number of nitrogens with zero attached hydrogens (tertiary/aromatic N) is 2. The number of rotatable bonds is 23. The van der Waals surface area contributed by atoms with Crippen molar-refractivity contribution in [2.75, 3.05) is 26.2 Å². The standard InChI is InChI=1S/2C19H35NO4.C4H6O4.Sn/c2*1-18(2,13-9-6-5-8-12-16(21)22)19(3,4)17(23)24-20-14-10-7-11-15-20;5-1-3(7)4(8)2-6;/h2*5-15H2,1-4H3,(H,21,22);1-4,7-8H;/q;;;+2/p-2. The smallest absolute Gasteiger partial charge is 0.550 e. The maximum atomic E-state index is 12.7. The van der Waals surface area contributed by atoms with Crippen molar-refractivity contribution >= 4 is 60.4 Å². The second-order valence-electron chi connectivity index (χ2n) is 17.6. The summed E-state index contributed by atoms with van der Waals surface area (Å²) in [5.41, 5.74) is -1.46. The minimum absolute atomic E-state index is 0. The molecule has 57 heavy (non-hydrogen) atoms. The maximum Gasteiger partial charge on any atom is 2.00 e. The van der Waals surface area contributed by atoms with Gasteiger partial charge in [-0.15, -0.1) is 10.1 Å². The largest absolute Gasteiger partial charge is 2.00 e. The first-order valence-electron chi connectivity index (χ1n) is 20.7. The van der Waals surface area contributed by atoms with Crippen molar-refractivity contribution in [3.05, 3.63) is 0 Å². The Kier molecular flexibility index (Phi) is 29.1. The molecule has 2 fully saturated rings. The van der Waals surface area contributed by atoms with Gasteiger partial charge >= 0.3 is 35.8 Å². The van der Waals surface area contributed by atoms with Crippen LogP contribution in [0, 0.1) is 21.7 Å². The molecule has 2 aliphatic rings. The van der Waals surface area contributed by atoms with Crippen LogP contribution < -0.4 is 10.2 Å². The molecule has 2 saturated heterocycles. The van der Waals surface area contributed by atoms with Crippen LogP contribution in [0.5, 0.6) is 0 Å². The average Bonchev–Trinajstić information content (AvgIpc) is 3.14. The number of piperidine rings is 2. The third-order valence-corrected chi connectivity index (χ3v) is 12.0. The molecule has 0 bridgehead atoms. The van der Waals surface area contributed by atoms with E-state index in [0.717, 1.165) is 103 Å². The van der Waals surface area contributed by atoms with E-state index in [1.165, 1.54) is 12.8 Å². The van der Waals surface area contributed by atoms with Gasteiger partial charge in [0, 0.05) is 38.1 Å². The van der Waals surface area contributed by atoms with Crippen molar-refractivity contribution in [2.45, 2.75) is 183 Å². The molecule has 2 radical (unpaired) electrons. The zero-order valence-electron chi connectivity index (χ0n) is 36.2. The minimum Gasteiger partial charge on any atom is -0.550 e. The molecule has 0 amide bonds. The summed E-state index contributed by atoms with van der Waals surface area (Å²) in [4.78, 5) is 76.4. The van der Waals surface area contributed by atoms with Crippen molar-refractivity contribution < 1.29 is 58.9 Å². The fourth-order valence-corrected chi connectivity index (χ4v) is 6.09. The SMILES string of the molecule is CC(C)(CCCCCCC(=O)[O-])C(C)(C)C(=O)ON1CCCCC1.CC(C)(CCCCCCC(=O)[O-])C(C)(C)C(=O)ON1CCCCC1.O=CC(O)C(O)C=O.[Sn+2]. The zero-order valence-corrected chi connectivity index (χ0v) is 39.1. The number of carboxylic acid groups (broad SMARTS) is 2. The van der Waals surface area contributed by atoms with Gasteiger partial charge in [0.15, 0.2) is 12.6 Å². The van der Waals surface area contributed by atoms with Crippen LogP contribution in [0.3, 0.4) is 0 Å². The van der Waals surface area contributed by atoms with E-state index in [1.807, 2.05) is 37.8 Å². The average molecular weight is 918 g/mol. The van der Waals surface area contributed by atoms with Crippen LogP contribution in [-0.4, -0.2) is 119 Å². The number of aldehydes is 2. The monoisotopic (exact) mass is 918 g/mol. The van der Waals surface area contributed by atoms with Crippen LogP contribution >= 0.6 is 0 Å². The van der Waals surface area contributed by atoms with Crippen molar-refractivity contribution in [3.8, 4) is 0 Å². The van der Waals surface area contributed by atoms with Crippen LogP contribution in [0.15, 0.2) is 0 Å². The van der Waals surface area contributed by atoms with Gasteiger partial charge in [-0.25, -0.2) is 9.59 Å². The zero-order chi connectivity index (χ0) is 43.0. The van der Waals surface area contributed by atoms with Gasteiger partial charge in [0.05, 0.1) is 10.8 Å². The topological polar surface area (TPSA) is 214 Å². The van der Waals surface area contributed by atoms with Gasteiger partial charge in [-0.2, -0.15) is 0 Å². The van der Waals surface area contributed by atoms with Gasteiger partial charge in [0.1, 0.15) is 12.2 Å². The first-order valence-corrected chi connectivity index (χ1v) is 20.7. The Bertz CT molecular complexity index is 1090.